The summed E-state index contributed by atoms with van der Waals surface area (Å²) in [6.45, 7) is 3.83. The molecular weight excluding hydrogens is 167 g/mol. The molecule has 0 amide bonds. The molecule has 1 atom stereocenters. The monoisotopic (exact) mass is 188 g/mol. The fourth-order valence-corrected chi connectivity index (χ4v) is 2.11. The second kappa shape index (κ2) is 6.33. The lowest BCUT2D eigenvalue weighted by Gasteiger charge is -2.32. The first-order chi connectivity index (χ1) is 6.36. The predicted octanol–water partition coefficient (Wildman–Crippen LogP) is 1.41. The van der Waals surface area contributed by atoms with Gasteiger partial charge in [0, 0.05) is 13.1 Å². The minimum absolute atomic E-state index is 0.182. The van der Waals surface area contributed by atoms with Crippen LogP contribution >= 0.6 is 0 Å². The number of alkyl halides is 1. The van der Waals surface area contributed by atoms with Crippen molar-refractivity contribution in [1.82, 2.24) is 4.90 Å². The zero-order chi connectivity index (χ0) is 9.52. The number of nitrogens with two attached hydrogens (primary N) is 1. The predicted molar refractivity (Wildman–Crippen MR) is 53.4 cm³/mol. The molecule has 1 heterocycles. The van der Waals surface area contributed by atoms with Gasteiger partial charge in [-0.1, -0.05) is 0 Å². The Morgan fingerprint density at radius 3 is 3.00 bits per heavy atom. The average molecular weight is 188 g/mol. The number of halogens is 1. The molecule has 0 aromatic carbocycles. The van der Waals surface area contributed by atoms with Gasteiger partial charge in [0.1, 0.15) is 0 Å². The standard InChI is InChI=1S/C10H21FN2/c11-5-2-8-13-7-1-3-10(9-13)4-6-12/h10H,1-9,12H2. The highest BCUT2D eigenvalue weighted by Gasteiger charge is 2.18. The van der Waals surface area contributed by atoms with E-state index in [1.807, 2.05) is 0 Å². The van der Waals surface area contributed by atoms with Gasteiger partial charge in [-0.25, -0.2) is 0 Å². The highest BCUT2D eigenvalue weighted by molar-refractivity contribution is 4.72. The van der Waals surface area contributed by atoms with Gasteiger partial charge in [-0.15, -0.1) is 0 Å². The van der Waals surface area contributed by atoms with Crippen LogP contribution in [0.5, 0.6) is 0 Å². The highest BCUT2D eigenvalue weighted by atomic mass is 19.1. The molecule has 1 fully saturated rings. The molecule has 1 aliphatic rings. The van der Waals surface area contributed by atoms with Crippen LogP contribution in [0.25, 0.3) is 0 Å². The van der Waals surface area contributed by atoms with E-state index in [4.69, 9.17) is 5.73 Å². The van der Waals surface area contributed by atoms with E-state index < -0.39 is 0 Å². The van der Waals surface area contributed by atoms with E-state index in [1.165, 1.54) is 12.8 Å². The summed E-state index contributed by atoms with van der Waals surface area (Å²) < 4.78 is 11.9. The molecule has 3 heteroatoms. The first kappa shape index (κ1) is 10.9. The second-order valence-corrected chi connectivity index (χ2v) is 3.93. The van der Waals surface area contributed by atoms with E-state index in [2.05, 4.69) is 4.90 Å². The number of piperidine rings is 1. The van der Waals surface area contributed by atoms with E-state index in [1.54, 1.807) is 0 Å². The van der Waals surface area contributed by atoms with Crippen LogP contribution < -0.4 is 5.73 Å². The number of nitrogens with zero attached hydrogens (tertiary/aromatic N) is 1. The van der Waals surface area contributed by atoms with E-state index in [0.29, 0.717) is 6.42 Å². The van der Waals surface area contributed by atoms with Gasteiger partial charge in [0.25, 0.3) is 0 Å². The van der Waals surface area contributed by atoms with Crippen molar-refractivity contribution < 1.29 is 4.39 Å². The fraction of sp³-hybridized carbons (Fsp3) is 1.00. The third-order valence-corrected chi connectivity index (χ3v) is 2.79. The van der Waals surface area contributed by atoms with Crippen molar-refractivity contribution in [3.8, 4) is 0 Å². The third kappa shape index (κ3) is 4.05. The summed E-state index contributed by atoms with van der Waals surface area (Å²) in [6, 6.07) is 0. The Morgan fingerprint density at radius 2 is 2.31 bits per heavy atom. The topological polar surface area (TPSA) is 29.3 Å². The molecule has 1 unspecified atom stereocenters. The number of hydrogen-bond acceptors (Lipinski definition) is 2. The summed E-state index contributed by atoms with van der Waals surface area (Å²) >= 11 is 0. The lowest BCUT2D eigenvalue weighted by Crippen LogP contribution is -2.36. The van der Waals surface area contributed by atoms with Crippen LogP contribution in [0.15, 0.2) is 0 Å². The van der Waals surface area contributed by atoms with Crippen molar-refractivity contribution in [2.24, 2.45) is 11.7 Å². The maximum Gasteiger partial charge on any atom is 0.0906 e. The summed E-state index contributed by atoms with van der Waals surface area (Å²) in [5.74, 6) is 0.762. The molecule has 0 radical (unpaired) electrons. The van der Waals surface area contributed by atoms with E-state index >= 15 is 0 Å². The normalized spacial score (nSPS) is 24.9. The number of hydrogen-bond donors (Lipinski definition) is 1. The number of rotatable bonds is 5. The van der Waals surface area contributed by atoms with Crippen LogP contribution in [0, 0.1) is 5.92 Å². The van der Waals surface area contributed by atoms with Crippen LogP contribution in [0.1, 0.15) is 25.7 Å². The molecule has 0 spiro atoms. The number of likely N-dealkylation sites (tertiary alicyclic amines) is 1. The largest absolute Gasteiger partial charge is 0.330 e. The Morgan fingerprint density at radius 1 is 1.46 bits per heavy atom. The molecular formula is C10H21FN2. The van der Waals surface area contributed by atoms with Gasteiger partial charge in [0.15, 0.2) is 0 Å². The first-order valence-electron chi connectivity index (χ1n) is 5.35. The Hall–Kier alpha value is -0.150. The lowest BCUT2D eigenvalue weighted by molar-refractivity contribution is 0.164. The Kier molecular flexibility index (Phi) is 5.32. The molecule has 0 aromatic heterocycles. The van der Waals surface area contributed by atoms with Crippen molar-refractivity contribution in [3.05, 3.63) is 0 Å². The van der Waals surface area contributed by atoms with Gasteiger partial charge in [0.05, 0.1) is 6.67 Å². The molecule has 13 heavy (non-hydrogen) atoms. The van der Waals surface area contributed by atoms with Crippen LogP contribution in [-0.4, -0.2) is 37.8 Å². The average Bonchev–Trinajstić information content (AvgIpc) is 2.16. The third-order valence-electron chi connectivity index (χ3n) is 2.79. The van der Waals surface area contributed by atoms with Gasteiger partial charge in [-0.05, 0) is 44.7 Å². The Labute approximate surface area is 80.3 Å². The second-order valence-electron chi connectivity index (χ2n) is 3.93. The van der Waals surface area contributed by atoms with Crippen LogP contribution in [0.3, 0.4) is 0 Å². The van der Waals surface area contributed by atoms with Gasteiger partial charge in [-0.3, -0.25) is 4.39 Å². The molecule has 78 valence electrons. The molecule has 0 saturated carbocycles. The molecule has 0 aliphatic carbocycles. The molecule has 2 nitrogen and oxygen atoms in total. The smallest absolute Gasteiger partial charge is 0.0906 e. The highest BCUT2D eigenvalue weighted by Crippen LogP contribution is 2.18. The quantitative estimate of drug-likeness (QED) is 0.706. The Bertz CT molecular complexity index is 128. The van der Waals surface area contributed by atoms with Crippen LogP contribution in [0.2, 0.25) is 0 Å². The molecule has 0 bridgehead atoms. The van der Waals surface area contributed by atoms with E-state index in [-0.39, 0.29) is 6.67 Å². The Balaban J connectivity index is 2.16. The van der Waals surface area contributed by atoms with Gasteiger partial charge in [0.2, 0.25) is 0 Å². The van der Waals surface area contributed by atoms with Gasteiger partial charge < -0.3 is 10.6 Å². The maximum absolute atomic E-state index is 11.9. The van der Waals surface area contributed by atoms with Gasteiger partial charge in [-0.2, -0.15) is 0 Å². The zero-order valence-corrected chi connectivity index (χ0v) is 8.34. The summed E-state index contributed by atoms with van der Waals surface area (Å²) in [4.78, 5) is 2.38. The van der Waals surface area contributed by atoms with Crippen molar-refractivity contribution in [1.29, 1.82) is 0 Å². The summed E-state index contributed by atoms with van der Waals surface area (Å²) in [5, 5.41) is 0. The molecule has 1 aliphatic heterocycles. The minimum atomic E-state index is -0.182. The van der Waals surface area contributed by atoms with Crippen molar-refractivity contribution >= 4 is 0 Å². The van der Waals surface area contributed by atoms with E-state index in [0.717, 1.165) is 38.5 Å². The summed E-state index contributed by atoms with van der Waals surface area (Å²) in [6.07, 6.45) is 4.39. The zero-order valence-electron chi connectivity index (χ0n) is 8.34. The molecule has 1 saturated heterocycles. The molecule has 0 aromatic rings. The minimum Gasteiger partial charge on any atom is -0.330 e. The van der Waals surface area contributed by atoms with E-state index in [9.17, 15) is 4.39 Å². The summed E-state index contributed by atoms with van der Waals surface area (Å²) in [7, 11) is 0. The lowest BCUT2D eigenvalue weighted by atomic mass is 9.95. The van der Waals surface area contributed by atoms with Crippen molar-refractivity contribution in [2.45, 2.75) is 25.7 Å². The molecule has 2 N–H and O–H groups in total. The summed E-state index contributed by atoms with van der Waals surface area (Å²) in [5.41, 5.74) is 5.53. The van der Waals surface area contributed by atoms with Gasteiger partial charge >= 0.3 is 0 Å². The van der Waals surface area contributed by atoms with Crippen LogP contribution in [-0.2, 0) is 0 Å². The SMILES string of the molecule is NCCC1CCCN(CCCF)C1. The first-order valence-corrected chi connectivity index (χ1v) is 5.35. The van der Waals surface area contributed by atoms with Crippen LogP contribution in [0.4, 0.5) is 4.39 Å². The fourth-order valence-electron chi connectivity index (χ4n) is 2.11. The maximum atomic E-state index is 11.9. The van der Waals surface area contributed by atoms with Crippen molar-refractivity contribution in [3.63, 3.8) is 0 Å². The van der Waals surface area contributed by atoms with Crippen molar-refractivity contribution in [2.75, 3.05) is 32.9 Å². The molecule has 1 rings (SSSR count).